The van der Waals surface area contributed by atoms with Gasteiger partial charge in [-0.3, -0.25) is 9.59 Å². The van der Waals surface area contributed by atoms with Crippen LogP contribution in [0.1, 0.15) is 33.6 Å². The Morgan fingerprint density at radius 1 is 1.08 bits per heavy atom. The highest BCUT2D eigenvalue weighted by atomic mass is 35.5. The van der Waals surface area contributed by atoms with Crippen LogP contribution in [0.5, 0.6) is 0 Å². The van der Waals surface area contributed by atoms with E-state index >= 15 is 0 Å². The summed E-state index contributed by atoms with van der Waals surface area (Å²) in [6.07, 6.45) is 3.47. The number of amides is 2. The second-order valence-corrected chi connectivity index (χ2v) is 6.28. The molecule has 7 heteroatoms. The zero-order chi connectivity index (χ0) is 17.1. The van der Waals surface area contributed by atoms with Crippen LogP contribution in [0, 0.1) is 0 Å². The molecule has 2 aromatic rings. The molecule has 0 atom stereocenters. The zero-order valence-corrected chi connectivity index (χ0v) is 14.3. The van der Waals surface area contributed by atoms with Gasteiger partial charge >= 0.3 is 0 Å². The van der Waals surface area contributed by atoms with Gasteiger partial charge in [0.25, 0.3) is 11.8 Å². The average Bonchev–Trinajstić information content (AvgIpc) is 3.10. The molecule has 1 aromatic carbocycles. The maximum absolute atomic E-state index is 12.7. The minimum Gasteiger partial charge on any atom is -0.339 e. The number of aromatic nitrogens is 1. The fourth-order valence-corrected chi connectivity index (χ4v) is 3.02. The lowest BCUT2D eigenvalue weighted by Gasteiger charge is -2.18. The Bertz CT molecular complexity index is 789. The van der Waals surface area contributed by atoms with Crippen molar-refractivity contribution in [1.29, 1.82) is 0 Å². The first-order valence-electron chi connectivity index (χ1n) is 7.57. The Morgan fingerprint density at radius 2 is 1.83 bits per heavy atom. The van der Waals surface area contributed by atoms with Gasteiger partial charge in [-0.25, -0.2) is 4.98 Å². The predicted molar refractivity (Wildman–Crippen MR) is 93.8 cm³/mol. The number of carbonyl (C=O) groups is 2. The summed E-state index contributed by atoms with van der Waals surface area (Å²) in [5, 5.41) is 3.28. The van der Waals surface area contributed by atoms with Crippen LogP contribution in [0.3, 0.4) is 0 Å². The van der Waals surface area contributed by atoms with Gasteiger partial charge in [0.1, 0.15) is 5.15 Å². The lowest BCUT2D eigenvalue weighted by Crippen LogP contribution is -2.29. The summed E-state index contributed by atoms with van der Waals surface area (Å²) < 4.78 is 0. The SMILES string of the molecule is O=C(Nc1ccc(Cl)cc1C(=O)N1CCCC1)c1cccnc1Cl. The summed E-state index contributed by atoms with van der Waals surface area (Å²) in [4.78, 5) is 30.8. The lowest BCUT2D eigenvalue weighted by atomic mass is 10.1. The molecule has 0 spiro atoms. The van der Waals surface area contributed by atoms with Crippen LogP contribution in [0.2, 0.25) is 10.2 Å². The van der Waals surface area contributed by atoms with Gasteiger partial charge < -0.3 is 10.2 Å². The Kier molecular flexibility index (Phi) is 5.02. The molecule has 1 aromatic heterocycles. The van der Waals surface area contributed by atoms with Crippen molar-refractivity contribution in [1.82, 2.24) is 9.88 Å². The van der Waals surface area contributed by atoms with Gasteiger partial charge in [0.2, 0.25) is 0 Å². The number of carbonyl (C=O) groups excluding carboxylic acids is 2. The molecule has 0 radical (unpaired) electrons. The predicted octanol–water partition coefficient (Wildman–Crippen LogP) is 3.88. The van der Waals surface area contributed by atoms with Gasteiger partial charge in [0, 0.05) is 24.3 Å². The molecule has 1 fully saturated rings. The fourth-order valence-electron chi connectivity index (χ4n) is 2.64. The molecule has 0 aliphatic carbocycles. The van der Waals surface area contributed by atoms with E-state index in [9.17, 15) is 9.59 Å². The summed E-state index contributed by atoms with van der Waals surface area (Å²) in [7, 11) is 0. The normalized spacial score (nSPS) is 13.8. The number of likely N-dealkylation sites (tertiary alicyclic amines) is 1. The van der Waals surface area contributed by atoms with Crippen LogP contribution in [0.15, 0.2) is 36.5 Å². The Hall–Kier alpha value is -2.11. The monoisotopic (exact) mass is 363 g/mol. The van der Waals surface area contributed by atoms with Crippen molar-refractivity contribution >= 4 is 40.7 Å². The molecule has 5 nitrogen and oxygen atoms in total. The highest BCUT2D eigenvalue weighted by Gasteiger charge is 2.23. The fraction of sp³-hybridized carbons (Fsp3) is 0.235. The lowest BCUT2D eigenvalue weighted by molar-refractivity contribution is 0.0794. The number of nitrogens with one attached hydrogen (secondary N) is 1. The molecule has 1 saturated heterocycles. The molecule has 2 heterocycles. The molecule has 0 bridgehead atoms. The molecule has 124 valence electrons. The first-order valence-corrected chi connectivity index (χ1v) is 8.32. The summed E-state index contributed by atoms with van der Waals surface area (Å²) in [5.41, 5.74) is 1.02. The number of anilines is 1. The second kappa shape index (κ2) is 7.20. The number of pyridine rings is 1. The molecule has 1 aliphatic heterocycles. The van der Waals surface area contributed by atoms with Crippen LogP contribution in [-0.2, 0) is 0 Å². The summed E-state index contributed by atoms with van der Waals surface area (Å²) >= 11 is 12.0. The molecule has 1 N–H and O–H groups in total. The van der Waals surface area contributed by atoms with Gasteiger partial charge in [-0.1, -0.05) is 23.2 Å². The first kappa shape index (κ1) is 16.7. The van der Waals surface area contributed by atoms with E-state index in [1.165, 1.54) is 6.20 Å². The third-order valence-electron chi connectivity index (χ3n) is 3.86. The van der Waals surface area contributed by atoms with Crippen molar-refractivity contribution in [3.63, 3.8) is 0 Å². The molecule has 0 saturated carbocycles. The van der Waals surface area contributed by atoms with Crippen molar-refractivity contribution in [2.75, 3.05) is 18.4 Å². The van der Waals surface area contributed by atoms with Crippen LogP contribution < -0.4 is 5.32 Å². The second-order valence-electron chi connectivity index (χ2n) is 5.49. The Morgan fingerprint density at radius 3 is 2.54 bits per heavy atom. The van der Waals surface area contributed by atoms with Gasteiger partial charge in [0.15, 0.2) is 0 Å². The van der Waals surface area contributed by atoms with E-state index in [4.69, 9.17) is 23.2 Å². The zero-order valence-electron chi connectivity index (χ0n) is 12.8. The van der Waals surface area contributed by atoms with Crippen molar-refractivity contribution in [3.05, 3.63) is 57.8 Å². The largest absolute Gasteiger partial charge is 0.339 e. The molecule has 0 unspecified atom stereocenters. The summed E-state index contributed by atoms with van der Waals surface area (Å²) in [6, 6.07) is 8.01. The standard InChI is InChI=1S/C17H15Cl2N3O2/c18-11-5-6-14(13(10-11)17(24)22-8-1-2-9-22)21-16(23)12-4-3-7-20-15(12)19/h3-7,10H,1-2,8-9H2,(H,21,23). The van der Waals surface area contributed by atoms with E-state index < -0.39 is 5.91 Å². The summed E-state index contributed by atoms with van der Waals surface area (Å²) in [5.74, 6) is -0.562. The number of halogens is 2. The van der Waals surface area contributed by atoms with Gasteiger partial charge in [0.05, 0.1) is 16.8 Å². The van der Waals surface area contributed by atoms with Crippen LogP contribution in [0.4, 0.5) is 5.69 Å². The molecular formula is C17H15Cl2N3O2. The van der Waals surface area contributed by atoms with E-state index in [-0.39, 0.29) is 16.6 Å². The number of hydrogen-bond acceptors (Lipinski definition) is 3. The van der Waals surface area contributed by atoms with E-state index in [1.807, 2.05) is 0 Å². The molecule has 2 amide bonds. The van der Waals surface area contributed by atoms with Crippen molar-refractivity contribution in [3.8, 4) is 0 Å². The van der Waals surface area contributed by atoms with Gasteiger partial charge in [-0.2, -0.15) is 0 Å². The third-order valence-corrected chi connectivity index (χ3v) is 4.39. The molecule has 1 aliphatic rings. The van der Waals surface area contributed by atoms with E-state index in [1.54, 1.807) is 35.2 Å². The van der Waals surface area contributed by atoms with Gasteiger partial charge in [-0.05, 0) is 43.2 Å². The number of rotatable bonds is 3. The molecule has 24 heavy (non-hydrogen) atoms. The average molecular weight is 364 g/mol. The minimum atomic E-state index is -0.425. The van der Waals surface area contributed by atoms with Crippen molar-refractivity contribution in [2.45, 2.75) is 12.8 Å². The van der Waals surface area contributed by atoms with E-state index in [0.29, 0.717) is 29.4 Å². The third kappa shape index (κ3) is 3.52. The molecule has 3 rings (SSSR count). The van der Waals surface area contributed by atoms with Crippen molar-refractivity contribution in [2.24, 2.45) is 0 Å². The number of benzene rings is 1. The van der Waals surface area contributed by atoms with Crippen LogP contribution >= 0.6 is 23.2 Å². The van der Waals surface area contributed by atoms with E-state index in [0.717, 1.165) is 12.8 Å². The quantitative estimate of drug-likeness (QED) is 0.841. The summed E-state index contributed by atoms with van der Waals surface area (Å²) in [6.45, 7) is 1.43. The minimum absolute atomic E-state index is 0.108. The maximum atomic E-state index is 12.7. The van der Waals surface area contributed by atoms with E-state index in [2.05, 4.69) is 10.3 Å². The molecular weight excluding hydrogens is 349 g/mol. The number of nitrogens with zero attached hydrogens (tertiary/aromatic N) is 2. The van der Waals surface area contributed by atoms with Crippen LogP contribution in [-0.4, -0.2) is 34.8 Å². The highest BCUT2D eigenvalue weighted by molar-refractivity contribution is 6.33. The smallest absolute Gasteiger partial charge is 0.258 e. The Labute approximate surface area is 149 Å². The topological polar surface area (TPSA) is 62.3 Å². The Balaban J connectivity index is 1.89. The first-order chi connectivity index (χ1) is 11.6. The highest BCUT2D eigenvalue weighted by Crippen LogP contribution is 2.25. The van der Waals surface area contributed by atoms with Gasteiger partial charge in [-0.15, -0.1) is 0 Å². The maximum Gasteiger partial charge on any atom is 0.258 e. The number of hydrogen-bond donors (Lipinski definition) is 1. The van der Waals surface area contributed by atoms with Crippen LogP contribution in [0.25, 0.3) is 0 Å². The van der Waals surface area contributed by atoms with Crippen molar-refractivity contribution < 1.29 is 9.59 Å².